The number of rotatable bonds is 5. The van der Waals surface area contributed by atoms with Crippen LogP contribution in [0.2, 0.25) is 5.02 Å². The van der Waals surface area contributed by atoms with Crippen molar-refractivity contribution in [3.63, 3.8) is 0 Å². The second-order valence-electron chi connectivity index (χ2n) is 4.33. The Morgan fingerprint density at radius 3 is 2.69 bits per heavy atom. The number of nitrogens with zero attached hydrogens (tertiary/aromatic N) is 2. The second kappa shape index (κ2) is 5.37. The van der Waals surface area contributed by atoms with Crippen molar-refractivity contribution in [3.8, 4) is 0 Å². The minimum Gasteiger partial charge on any atom is -0.268 e. The average Bonchev–Trinajstić information content (AvgIpc) is 2.56. The van der Waals surface area contributed by atoms with Gasteiger partial charge in [-0.05, 0) is 13.8 Å². The summed E-state index contributed by atoms with van der Waals surface area (Å²) in [6.07, 6.45) is 2.83. The normalized spacial score (nSPS) is 14.8. The van der Waals surface area contributed by atoms with E-state index in [1.807, 2.05) is 17.7 Å². The summed E-state index contributed by atoms with van der Waals surface area (Å²) in [5.74, 6) is 0. The summed E-state index contributed by atoms with van der Waals surface area (Å²) in [4.78, 5) is 0. The molecular formula is C12H18BrClN2. The Bertz CT molecular complexity index is 387. The van der Waals surface area contributed by atoms with Crippen LogP contribution in [0.25, 0.3) is 0 Å². The molecule has 0 saturated heterocycles. The number of allylic oxidation sites excluding steroid dienone is 1. The molecule has 1 aromatic rings. The summed E-state index contributed by atoms with van der Waals surface area (Å²) in [5.41, 5.74) is 2.02. The zero-order chi connectivity index (χ0) is 12.3. The van der Waals surface area contributed by atoms with Crippen LogP contribution in [0.15, 0.2) is 12.7 Å². The number of halogens is 2. The van der Waals surface area contributed by atoms with E-state index in [0.29, 0.717) is 0 Å². The van der Waals surface area contributed by atoms with Gasteiger partial charge in [0, 0.05) is 23.7 Å². The van der Waals surface area contributed by atoms with E-state index in [0.717, 1.165) is 34.7 Å². The van der Waals surface area contributed by atoms with Crippen LogP contribution in [0.1, 0.15) is 25.2 Å². The predicted molar refractivity (Wildman–Crippen MR) is 73.5 cm³/mol. The molecule has 16 heavy (non-hydrogen) atoms. The lowest BCUT2D eigenvalue weighted by Gasteiger charge is -2.23. The van der Waals surface area contributed by atoms with Gasteiger partial charge < -0.3 is 0 Å². The first kappa shape index (κ1) is 13.8. The Morgan fingerprint density at radius 1 is 1.62 bits per heavy atom. The van der Waals surface area contributed by atoms with Crippen molar-refractivity contribution in [1.82, 2.24) is 9.78 Å². The third-order valence-corrected chi connectivity index (χ3v) is 4.59. The minimum atomic E-state index is 0.0169. The maximum absolute atomic E-state index is 6.28. The smallest absolute Gasteiger partial charge is 0.0847 e. The zero-order valence-corrected chi connectivity index (χ0v) is 12.4. The molecule has 0 bridgehead atoms. The molecular weight excluding hydrogens is 288 g/mol. The van der Waals surface area contributed by atoms with Crippen molar-refractivity contribution in [3.05, 3.63) is 29.1 Å². The third-order valence-electron chi connectivity index (χ3n) is 2.82. The van der Waals surface area contributed by atoms with Crippen LogP contribution in [0.4, 0.5) is 0 Å². The van der Waals surface area contributed by atoms with Gasteiger partial charge in [-0.25, -0.2) is 0 Å². The van der Waals surface area contributed by atoms with Crippen molar-refractivity contribution in [2.24, 2.45) is 5.41 Å². The van der Waals surface area contributed by atoms with Crippen molar-refractivity contribution < 1.29 is 0 Å². The summed E-state index contributed by atoms with van der Waals surface area (Å²) in [6, 6.07) is 0. The Labute approximate surface area is 111 Å². The lowest BCUT2D eigenvalue weighted by atomic mass is 9.88. The van der Waals surface area contributed by atoms with Crippen molar-refractivity contribution in [1.29, 1.82) is 0 Å². The van der Waals surface area contributed by atoms with Crippen LogP contribution in [-0.4, -0.2) is 15.1 Å². The number of aromatic nitrogens is 2. The van der Waals surface area contributed by atoms with Gasteiger partial charge in [0.05, 0.1) is 16.4 Å². The highest BCUT2D eigenvalue weighted by Gasteiger charge is 2.24. The van der Waals surface area contributed by atoms with Gasteiger partial charge in [0.1, 0.15) is 0 Å². The Morgan fingerprint density at radius 2 is 2.25 bits per heavy atom. The molecule has 0 fully saturated rings. The van der Waals surface area contributed by atoms with Gasteiger partial charge in [-0.1, -0.05) is 40.5 Å². The number of hydrogen-bond donors (Lipinski definition) is 0. The van der Waals surface area contributed by atoms with Gasteiger partial charge in [-0.2, -0.15) is 5.10 Å². The van der Waals surface area contributed by atoms with Gasteiger partial charge in [-0.15, -0.1) is 6.58 Å². The summed E-state index contributed by atoms with van der Waals surface area (Å²) in [5, 5.41) is 6.07. The maximum Gasteiger partial charge on any atom is 0.0847 e. The Balaban J connectivity index is 3.08. The molecule has 0 amide bonds. The van der Waals surface area contributed by atoms with E-state index in [9.17, 15) is 0 Å². The summed E-state index contributed by atoms with van der Waals surface area (Å²) >= 11 is 9.80. The molecule has 1 rings (SSSR count). The SMILES string of the molecule is C=CC(C)(CBr)Cc1c(Cl)c(C)nn1CC. The average molecular weight is 306 g/mol. The largest absolute Gasteiger partial charge is 0.268 e. The molecule has 1 heterocycles. The lowest BCUT2D eigenvalue weighted by Crippen LogP contribution is -2.20. The summed E-state index contributed by atoms with van der Waals surface area (Å²) in [7, 11) is 0. The van der Waals surface area contributed by atoms with Gasteiger partial charge in [0.25, 0.3) is 0 Å². The van der Waals surface area contributed by atoms with Gasteiger partial charge in [-0.3, -0.25) is 4.68 Å². The molecule has 1 unspecified atom stereocenters. The molecule has 1 atom stereocenters. The highest BCUT2D eigenvalue weighted by molar-refractivity contribution is 9.09. The second-order valence-corrected chi connectivity index (χ2v) is 5.27. The van der Waals surface area contributed by atoms with Crippen LogP contribution in [0.5, 0.6) is 0 Å². The first-order valence-electron chi connectivity index (χ1n) is 5.38. The third kappa shape index (κ3) is 2.69. The summed E-state index contributed by atoms with van der Waals surface area (Å²) < 4.78 is 1.97. The number of alkyl halides is 1. The van der Waals surface area contributed by atoms with Gasteiger partial charge >= 0.3 is 0 Å². The van der Waals surface area contributed by atoms with Crippen LogP contribution in [-0.2, 0) is 13.0 Å². The minimum absolute atomic E-state index is 0.0169. The van der Waals surface area contributed by atoms with Crippen LogP contribution < -0.4 is 0 Å². The van der Waals surface area contributed by atoms with E-state index in [2.05, 4.69) is 41.5 Å². The molecule has 1 aromatic heterocycles. The van der Waals surface area contributed by atoms with Gasteiger partial charge in [0.15, 0.2) is 0 Å². The molecule has 0 aliphatic rings. The molecule has 0 saturated carbocycles. The van der Waals surface area contributed by atoms with E-state index in [1.54, 1.807) is 0 Å². The Hall–Kier alpha value is -0.280. The maximum atomic E-state index is 6.28. The van der Waals surface area contributed by atoms with Crippen molar-refractivity contribution in [2.75, 3.05) is 5.33 Å². The Kier molecular flexibility index (Phi) is 4.62. The number of aryl methyl sites for hydroxylation is 2. The zero-order valence-electron chi connectivity index (χ0n) is 10.1. The molecule has 0 radical (unpaired) electrons. The molecule has 0 aliphatic heterocycles. The highest BCUT2D eigenvalue weighted by Crippen LogP contribution is 2.31. The molecule has 2 nitrogen and oxygen atoms in total. The van der Waals surface area contributed by atoms with E-state index in [-0.39, 0.29) is 5.41 Å². The highest BCUT2D eigenvalue weighted by atomic mass is 79.9. The number of hydrogen-bond acceptors (Lipinski definition) is 1. The van der Waals surface area contributed by atoms with Crippen molar-refractivity contribution in [2.45, 2.75) is 33.7 Å². The lowest BCUT2D eigenvalue weighted by molar-refractivity contribution is 0.464. The van der Waals surface area contributed by atoms with Crippen LogP contribution in [0.3, 0.4) is 0 Å². The molecule has 0 spiro atoms. The first-order chi connectivity index (χ1) is 7.47. The fraction of sp³-hybridized carbons (Fsp3) is 0.583. The summed E-state index contributed by atoms with van der Waals surface area (Å²) in [6.45, 7) is 10.9. The van der Waals surface area contributed by atoms with Crippen molar-refractivity contribution >= 4 is 27.5 Å². The van der Waals surface area contributed by atoms with E-state index >= 15 is 0 Å². The quantitative estimate of drug-likeness (QED) is 0.594. The van der Waals surface area contributed by atoms with Crippen LogP contribution >= 0.6 is 27.5 Å². The molecule has 0 N–H and O–H groups in total. The molecule has 4 heteroatoms. The fourth-order valence-electron chi connectivity index (χ4n) is 1.59. The predicted octanol–water partition coefficient (Wildman–Crippen LogP) is 3.99. The fourth-order valence-corrected chi connectivity index (χ4v) is 2.22. The van der Waals surface area contributed by atoms with Crippen LogP contribution in [0, 0.1) is 12.3 Å². The molecule has 90 valence electrons. The monoisotopic (exact) mass is 304 g/mol. The molecule has 0 aromatic carbocycles. The first-order valence-corrected chi connectivity index (χ1v) is 6.88. The van der Waals surface area contributed by atoms with E-state index < -0.39 is 0 Å². The topological polar surface area (TPSA) is 17.8 Å². The van der Waals surface area contributed by atoms with E-state index in [1.165, 1.54) is 0 Å². The molecule has 0 aliphatic carbocycles. The standard InChI is InChI=1S/C12H18BrClN2/c1-5-12(4,8-13)7-10-11(14)9(3)15-16(10)6-2/h5H,1,6-8H2,2-4H3. The van der Waals surface area contributed by atoms with E-state index in [4.69, 9.17) is 11.6 Å². The van der Waals surface area contributed by atoms with Gasteiger partial charge in [0.2, 0.25) is 0 Å².